The maximum atomic E-state index is 14.8. The topological polar surface area (TPSA) is 57.0 Å². The van der Waals surface area contributed by atoms with E-state index in [9.17, 15) is 14.0 Å². The van der Waals surface area contributed by atoms with Gasteiger partial charge in [-0.3, -0.25) is 14.5 Å². The molecule has 4 rings (SSSR count). The van der Waals surface area contributed by atoms with Gasteiger partial charge in [0, 0.05) is 18.4 Å². The normalized spacial score (nSPS) is 16.7. The lowest BCUT2D eigenvalue weighted by Gasteiger charge is -2.39. The fourth-order valence-electron chi connectivity index (χ4n) is 4.70. The van der Waals surface area contributed by atoms with Crippen LogP contribution in [0.1, 0.15) is 61.9 Å². The Morgan fingerprint density at radius 2 is 1.76 bits per heavy atom. The Morgan fingerprint density at radius 1 is 1.12 bits per heavy atom. The summed E-state index contributed by atoms with van der Waals surface area (Å²) < 4.78 is 14.8. The molecule has 2 aromatic carbocycles. The molecule has 2 aromatic rings. The number of hydrogen-bond acceptors (Lipinski definition) is 3. The van der Waals surface area contributed by atoms with Gasteiger partial charge >= 0.3 is 0 Å². The third-order valence-corrected chi connectivity index (χ3v) is 6.70. The predicted molar refractivity (Wildman–Crippen MR) is 137 cm³/mol. The van der Waals surface area contributed by atoms with Gasteiger partial charge in [-0.15, -0.1) is 0 Å². The summed E-state index contributed by atoms with van der Waals surface area (Å²) in [4.78, 5) is 32.5. The molecule has 1 aliphatic heterocycles. The second-order valence-corrected chi connectivity index (χ2v) is 8.54. The summed E-state index contributed by atoms with van der Waals surface area (Å²) in [6.07, 6.45) is 3.99. The highest BCUT2D eigenvalue weighted by Crippen LogP contribution is 2.45. The molecule has 0 unspecified atom stereocenters. The number of hydrogen-bond donors (Lipinski definition) is 1. The van der Waals surface area contributed by atoms with E-state index in [1.165, 1.54) is 24.1 Å². The standard InChI is InChI=1S/C24H23FN4O2S.C2H6/c1-15-13-16(8-10-20(15)26-2)28-22(31)24(11-5-4-6-12-24)29(23(28)32)17-7-9-18(19(25)14-17)21(30)27-3;1-2/h7-10,13-14H,4-6,11-12H2,1,3H3,(H,27,30);1-2H3. The minimum absolute atomic E-state index is 0.0624. The fraction of sp³-hybridized carbons (Fsp3) is 0.385. The first-order chi connectivity index (χ1) is 16.3. The van der Waals surface area contributed by atoms with Gasteiger partial charge in [-0.25, -0.2) is 9.24 Å². The highest BCUT2D eigenvalue weighted by molar-refractivity contribution is 7.81. The largest absolute Gasteiger partial charge is 0.355 e. The van der Waals surface area contributed by atoms with Crippen LogP contribution in [-0.4, -0.2) is 29.5 Å². The summed E-state index contributed by atoms with van der Waals surface area (Å²) in [6.45, 7) is 13.1. The maximum absolute atomic E-state index is 14.8. The zero-order valence-electron chi connectivity index (χ0n) is 19.9. The zero-order chi connectivity index (χ0) is 25.0. The lowest BCUT2D eigenvalue weighted by molar-refractivity contribution is -0.122. The van der Waals surface area contributed by atoms with Gasteiger partial charge in [0.2, 0.25) is 0 Å². The number of carbonyl (C=O) groups is 2. The Kier molecular flexibility index (Phi) is 7.68. The molecule has 178 valence electrons. The average molecular weight is 481 g/mol. The van der Waals surface area contributed by atoms with Crippen molar-refractivity contribution in [2.75, 3.05) is 16.8 Å². The second kappa shape index (κ2) is 10.3. The minimum atomic E-state index is -0.886. The van der Waals surface area contributed by atoms with Gasteiger partial charge in [-0.1, -0.05) is 39.2 Å². The molecule has 0 atom stereocenters. The van der Waals surface area contributed by atoms with Gasteiger partial charge in [0.05, 0.1) is 12.1 Å². The van der Waals surface area contributed by atoms with Gasteiger partial charge in [-0.05, 0) is 67.9 Å². The van der Waals surface area contributed by atoms with E-state index in [0.29, 0.717) is 29.9 Å². The van der Waals surface area contributed by atoms with Crippen molar-refractivity contribution in [2.45, 2.75) is 58.4 Å². The third-order valence-electron chi connectivity index (χ3n) is 6.33. The number of nitrogens with zero attached hydrogens (tertiary/aromatic N) is 3. The molecular formula is C26H29FN4O2S. The van der Waals surface area contributed by atoms with Crippen molar-refractivity contribution < 1.29 is 14.0 Å². The second-order valence-electron chi connectivity index (χ2n) is 8.18. The number of rotatable bonds is 3. The van der Waals surface area contributed by atoms with E-state index in [0.717, 1.165) is 24.8 Å². The number of anilines is 2. The summed E-state index contributed by atoms with van der Waals surface area (Å²) in [6, 6.07) is 9.52. The molecule has 1 heterocycles. The van der Waals surface area contributed by atoms with Crippen molar-refractivity contribution in [1.82, 2.24) is 5.32 Å². The van der Waals surface area contributed by atoms with E-state index in [1.54, 1.807) is 29.2 Å². The van der Waals surface area contributed by atoms with Gasteiger partial charge in [0.1, 0.15) is 11.4 Å². The van der Waals surface area contributed by atoms with Gasteiger partial charge in [0.15, 0.2) is 10.8 Å². The summed E-state index contributed by atoms with van der Waals surface area (Å²) in [5, 5.41) is 2.70. The van der Waals surface area contributed by atoms with E-state index in [-0.39, 0.29) is 16.6 Å². The van der Waals surface area contributed by atoms with Crippen LogP contribution >= 0.6 is 12.2 Å². The number of nitrogens with one attached hydrogen (secondary N) is 1. The van der Waals surface area contributed by atoms with E-state index >= 15 is 0 Å². The molecule has 0 radical (unpaired) electrons. The van der Waals surface area contributed by atoms with Crippen molar-refractivity contribution in [2.24, 2.45) is 0 Å². The summed E-state index contributed by atoms with van der Waals surface area (Å²) >= 11 is 5.78. The number of thiocarbonyl (C=S) groups is 1. The molecule has 0 aromatic heterocycles. The summed E-state index contributed by atoms with van der Waals surface area (Å²) in [7, 11) is 1.44. The molecule has 8 heteroatoms. The smallest absolute Gasteiger partial charge is 0.259 e. The first-order valence-corrected chi connectivity index (χ1v) is 11.9. The Bertz CT molecular complexity index is 1170. The molecule has 0 bridgehead atoms. The minimum Gasteiger partial charge on any atom is -0.355 e. The van der Waals surface area contributed by atoms with Gasteiger partial charge in [-0.2, -0.15) is 0 Å². The molecule has 1 saturated heterocycles. The molecule has 1 aliphatic carbocycles. The first kappa shape index (κ1) is 25.3. The van der Waals surface area contributed by atoms with Crippen molar-refractivity contribution in [3.8, 4) is 0 Å². The van der Waals surface area contributed by atoms with E-state index in [4.69, 9.17) is 18.8 Å². The Labute approximate surface area is 205 Å². The van der Waals surface area contributed by atoms with Gasteiger partial charge < -0.3 is 10.2 Å². The third kappa shape index (κ3) is 4.16. The quantitative estimate of drug-likeness (QED) is 0.438. The number of amides is 2. The summed E-state index contributed by atoms with van der Waals surface area (Å²) in [5.74, 6) is -1.31. The highest BCUT2D eigenvalue weighted by Gasteiger charge is 2.56. The Balaban J connectivity index is 0.00000158. The van der Waals surface area contributed by atoms with Crippen LogP contribution in [0.2, 0.25) is 0 Å². The van der Waals surface area contributed by atoms with E-state index in [2.05, 4.69) is 10.2 Å². The van der Waals surface area contributed by atoms with Crippen LogP contribution in [0.15, 0.2) is 36.4 Å². The molecule has 1 spiro atoms. The SMILES string of the molecule is CC.[C-]#[N+]c1ccc(N2C(=O)C3(CCCCC3)N(c3ccc(C(=O)NC)c(F)c3)C2=S)cc1C. The number of benzene rings is 2. The van der Waals surface area contributed by atoms with Crippen LogP contribution in [0.25, 0.3) is 4.85 Å². The Morgan fingerprint density at radius 3 is 2.32 bits per heavy atom. The first-order valence-electron chi connectivity index (χ1n) is 11.5. The monoisotopic (exact) mass is 480 g/mol. The van der Waals surface area contributed by atoms with Crippen LogP contribution < -0.4 is 15.1 Å². The number of halogens is 1. The fourth-order valence-corrected chi connectivity index (χ4v) is 5.17. The maximum Gasteiger partial charge on any atom is 0.259 e. The predicted octanol–water partition coefficient (Wildman–Crippen LogP) is 5.91. The molecular weight excluding hydrogens is 451 g/mol. The molecule has 2 amide bonds. The van der Waals surface area contributed by atoms with Crippen molar-refractivity contribution in [3.05, 3.63) is 64.8 Å². The van der Waals surface area contributed by atoms with Crippen LogP contribution in [0, 0.1) is 19.3 Å². The average Bonchev–Trinajstić information content (AvgIpc) is 3.05. The van der Waals surface area contributed by atoms with Gasteiger partial charge in [0.25, 0.3) is 11.8 Å². The van der Waals surface area contributed by atoms with Crippen LogP contribution in [0.3, 0.4) is 0 Å². The number of carbonyl (C=O) groups excluding carboxylic acids is 2. The Hall–Kier alpha value is -3.31. The van der Waals surface area contributed by atoms with Crippen LogP contribution in [-0.2, 0) is 4.79 Å². The molecule has 1 saturated carbocycles. The highest BCUT2D eigenvalue weighted by atomic mass is 32.1. The van der Waals surface area contributed by atoms with Crippen molar-refractivity contribution in [3.63, 3.8) is 0 Å². The van der Waals surface area contributed by atoms with Crippen molar-refractivity contribution >= 4 is 46.2 Å². The zero-order valence-corrected chi connectivity index (χ0v) is 20.8. The van der Waals surface area contributed by atoms with Crippen LogP contribution in [0.5, 0.6) is 0 Å². The summed E-state index contributed by atoms with van der Waals surface area (Å²) in [5.41, 5.74) is 1.37. The molecule has 1 N–H and O–H groups in total. The molecule has 34 heavy (non-hydrogen) atoms. The number of aryl methyl sites for hydroxylation is 1. The lowest BCUT2D eigenvalue weighted by atomic mass is 9.80. The van der Waals surface area contributed by atoms with Crippen molar-refractivity contribution in [1.29, 1.82) is 0 Å². The van der Waals surface area contributed by atoms with Crippen LogP contribution in [0.4, 0.5) is 21.5 Å². The van der Waals surface area contributed by atoms with E-state index < -0.39 is 17.3 Å². The molecule has 2 aliphatic rings. The lowest BCUT2D eigenvalue weighted by Crippen LogP contribution is -2.51. The molecule has 6 nitrogen and oxygen atoms in total. The molecule has 2 fully saturated rings. The van der Waals surface area contributed by atoms with E-state index in [1.807, 2.05) is 20.8 Å².